The quantitative estimate of drug-likeness (QED) is 0.927. The lowest BCUT2D eigenvalue weighted by molar-refractivity contribution is 0.588. The molecule has 1 atom stereocenters. The van der Waals surface area contributed by atoms with Gasteiger partial charge in [-0.15, -0.1) is 0 Å². The van der Waals surface area contributed by atoms with E-state index in [0.717, 1.165) is 11.1 Å². The minimum atomic E-state index is -0.306. The lowest BCUT2D eigenvalue weighted by Gasteiger charge is -2.20. The van der Waals surface area contributed by atoms with Crippen LogP contribution in [0.1, 0.15) is 43.5 Å². The molecule has 0 amide bonds. The number of nitrogens with zero attached hydrogens (tertiary/aromatic N) is 2. The molecule has 0 bridgehead atoms. The Kier molecular flexibility index (Phi) is 4.72. The van der Waals surface area contributed by atoms with E-state index in [1.807, 2.05) is 30.5 Å². The highest BCUT2D eigenvalue weighted by atomic mass is 14.9. The number of hydrogen-bond donors (Lipinski definition) is 1. The summed E-state index contributed by atoms with van der Waals surface area (Å²) < 4.78 is 0. The van der Waals surface area contributed by atoms with Crippen LogP contribution in [0.2, 0.25) is 0 Å². The maximum Gasteiger partial charge on any atom is 0.121 e. The Morgan fingerprint density at radius 2 is 1.90 bits per heavy atom. The third-order valence-corrected chi connectivity index (χ3v) is 3.47. The average molecular weight is 279 g/mol. The van der Waals surface area contributed by atoms with Crippen molar-refractivity contribution in [3.8, 4) is 6.07 Å². The zero-order chi connectivity index (χ0) is 15.3. The summed E-state index contributed by atoms with van der Waals surface area (Å²) in [5.74, 6) is 0. The Labute approximate surface area is 126 Å². The first-order chi connectivity index (χ1) is 10.0. The van der Waals surface area contributed by atoms with E-state index in [4.69, 9.17) is 0 Å². The SMILES string of the molecule is CC(C)(C)c1ccc(C(C#N)NCc2cccnc2)cc1. The van der Waals surface area contributed by atoms with Crippen molar-refractivity contribution in [2.24, 2.45) is 0 Å². The fourth-order valence-corrected chi connectivity index (χ4v) is 2.14. The van der Waals surface area contributed by atoms with Crippen LogP contribution < -0.4 is 5.32 Å². The predicted octanol–water partition coefficient (Wildman–Crippen LogP) is 3.73. The van der Waals surface area contributed by atoms with Crippen molar-refractivity contribution >= 4 is 0 Å². The molecule has 0 saturated heterocycles. The Hall–Kier alpha value is -2.18. The van der Waals surface area contributed by atoms with Crippen LogP contribution in [0.4, 0.5) is 0 Å². The molecule has 1 unspecified atom stereocenters. The fourth-order valence-electron chi connectivity index (χ4n) is 2.14. The Morgan fingerprint density at radius 1 is 1.19 bits per heavy atom. The minimum absolute atomic E-state index is 0.129. The van der Waals surface area contributed by atoms with E-state index in [9.17, 15) is 5.26 Å². The Morgan fingerprint density at radius 3 is 2.43 bits per heavy atom. The van der Waals surface area contributed by atoms with Gasteiger partial charge in [0.1, 0.15) is 6.04 Å². The highest BCUT2D eigenvalue weighted by molar-refractivity contribution is 5.31. The Balaban J connectivity index is 2.06. The van der Waals surface area contributed by atoms with Gasteiger partial charge in [0.25, 0.3) is 0 Å². The van der Waals surface area contributed by atoms with Crippen molar-refractivity contribution < 1.29 is 0 Å². The molecule has 0 spiro atoms. The molecular formula is C18H21N3. The first-order valence-corrected chi connectivity index (χ1v) is 7.13. The normalized spacial score (nSPS) is 12.7. The second kappa shape index (κ2) is 6.51. The van der Waals surface area contributed by atoms with Gasteiger partial charge in [0.15, 0.2) is 0 Å². The monoisotopic (exact) mass is 279 g/mol. The van der Waals surface area contributed by atoms with Crippen molar-refractivity contribution in [1.29, 1.82) is 5.26 Å². The second-order valence-electron chi connectivity index (χ2n) is 6.18. The lowest BCUT2D eigenvalue weighted by Crippen LogP contribution is -2.20. The molecule has 0 aliphatic heterocycles. The number of hydrogen-bond acceptors (Lipinski definition) is 3. The van der Waals surface area contributed by atoms with Crippen molar-refractivity contribution in [3.05, 3.63) is 65.5 Å². The zero-order valence-electron chi connectivity index (χ0n) is 12.8. The molecule has 108 valence electrons. The summed E-state index contributed by atoms with van der Waals surface area (Å²) in [5, 5.41) is 12.6. The van der Waals surface area contributed by atoms with E-state index in [1.54, 1.807) is 6.20 Å². The molecule has 3 heteroatoms. The van der Waals surface area contributed by atoms with Crippen LogP contribution in [0.15, 0.2) is 48.8 Å². The number of nitrogens with one attached hydrogen (secondary N) is 1. The summed E-state index contributed by atoms with van der Waals surface area (Å²) in [5.41, 5.74) is 3.47. The average Bonchev–Trinajstić information content (AvgIpc) is 2.48. The molecule has 21 heavy (non-hydrogen) atoms. The maximum absolute atomic E-state index is 9.36. The number of aromatic nitrogens is 1. The largest absolute Gasteiger partial charge is 0.294 e. The molecule has 1 aromatic heterocycles. The van der Waals surface area contributed by atoms with Crippen LogP contribution in [0.3, 0.4) is 0 Å². The number of benzene rings is 1. The van der Waals surface area contributed by atoms with Gasteiger partial charge < -0.3 is 0 Å². The van der Waals surface area contributed by atoms with E-state index >= 15 is 0 Å². The molecule has 1 heterocycles. The molecular weight excluding hydrogens is 258 g/mol. The van der Waals surface area contributed by atoms with Gasteiger partial charge in [-0.1, -0.05) is 51.1 Å². The predicted molar refractivity (Wildman–Crippen MR) is 84.6 cm³/mol. The lowest BCUT2D eigenvalue weighted by atomic mass is 9.86. The van der Waals surface area contributed by atoms with Gasteiger partial charge in [0, 0.05) is 18.9 Å². The summed E-state index contributed by atoms with van der Waals surface area (Å²) in [6, 6.07) is 14.2. The summed E-state index contributed by atoms with van der Waals surface area (Å²) in [6.07, 6.45) is 3.56. The maximum atomic E-state index is 9.36. The van der Waals surface area contributed by atoms with Gasteiger partial charge in [-0.3, -0.25) is 10.3 Å². The topological polar surface area (TPSA) is 48.7 Å². The first-order valence-electron chi connectivity index (χ1n) is 7.13. The molecule has 1 aromatic carbocycles. The van der Waals surface area contributed by atoms with Crippen molar-refractivity contribution in [3.63, 3.8) is 0 Å². The van der Waals surface area contributed by atoms with E-state index in [2.05, 4.69) is 49.3 Å². The summed E-state index contributed by atoms with van der Waals surface area (Å²) in [7, 11) is 0. The van der Waals surface area contributed by atoms with Crippen LogP contribution in [-0.4, -0.2) is 4.98 Å². The van der Waals surface area contributed by atoms with Crippen LogP contribution in [0, 0.1) is 11.3 Å². The van der Waals surface area contributed by atoms with E-state index < -0.39 is 0 Å². The zero-order valence-corrected chi connectivity index (χ0v) is 12.8. The van der Waals surface area contributed by atoms with Gasteiger partial charge in [-0.2, -0.15) is 5.26 Å². The van der Waals surface area contributed by atoms with Gasteiger partial charge in [-0.05, 0) is 28.2 Å². The van der Waals surface area contributed by atoms with E-state index in [0.29, 0.717) is 6.54 Å². The van der Waals surface area contributed by atoms with Crippen LogP contribution in [0.5, 0.6) is 0 Å². The van der Waals surface area contributed by atoms with Crippen molar-refractivity contribution in [2.45, 2.75) is 38.8 Å². The molecule has 1 N–H and O–H groups in total. The molecule has 2 aromatic rings. The summed E-state index contributed by atoms with van der Waals surface area (Å²) >= 11 is 0. The second-order valence-corrected chi connectivity index (χ2v) is 6.18. The van der Waals surface area contributed by atoms with Crippen molar-refractivity contribution in [1.82, 2.24) is 10.3 Å². The third kappa shape index (κ3) is 4.14. The molecule has 0 radical (unpaired) electrons. The summed E-state index contributed by atoms with van der Waals surface area (Å²) in [6.45, 7) is 7.19. The number of pyridine rings is 1. The third-order valence-electron chi connectivity index (χ3n) is 3.47. The Bertz CT molecular complexity index is 604. The van der Waals surface area contributed by atoms with Gasteiger partial charge in [-0.25, -0.2) is 0 Å². The van der Waals surface area contributed by atoms with Crippen LogP contribution in [0.25, 0.3) is 0 Å². The highest BCUT2D eigenvalue weighted by Gasteiger charge is 2.15. The smallest absolute Gasteiger partial charge is 0.121 e. The molecule has 0 aliphatic rings. The summed E-state index contributed by atoms with van der Waals surface area (Å²) in [4.78, 5) is 4.08. The van der Waals surface area contributed by atoms with E-state index in [1.165, 1.54) is 5.56 Å². The molecule has 0 aliphatic carbocycles. The van der Waals surface area contributed by atoms with Gasteiger partial charge >= 0.3 is 0 Å². The van der Waals surface area contributed by atoms with E-state index in [-0.39, 0.29) is 11.5 Å². The van der Waals surface area contributed by atoms with Crippen molar-refractivity contribution in [2.75, 3.05) is 0 Å². The first kappa shape index (κ1) is 15.2. The number of nitriles is 1. The van der Waals surface area contributed by atoms with Crippen LogP contribution in [-0.2, 0) is 12.0 Å². The highest BCUT2D eigenvalue weighted by Crippen LogP contribution is 2.24. The van der Waals surface area contributed by atoms with Crippen LogP contribution >= 0.6 is 0 Å². The fraction of sp³-hybridized carbons (Fsp3) is 0.333. The van der Waals surface area contributed by atoms with Gasteiger partial charge in [0.2, 0.25) is 0 Å². The molecule has 0 saturated carbocycles. The number of rotatable bonds is 4. The van der Waals surface area contributed by atoms with Gasteiger partial charge in [0.05, 0.1) is 6.07 Å². The standard InChI is InChI=1S/C18H21N3/c1-18(2,3)16-8-6-15(7-9-16)17(11-19)21-13-14-5-4-10-20-12-14/h4-10,12,17,21H,13H2,1-3H3. The minimum Gasteiger partial charge on any atom is -0.294 e. The molecule has 0 fully saturated rings. The molecule has 2 rings (SSSR count). The molecule has 3 nitrogen and oxygen atoms in total.